The molecule has 8 nitrogen and oxygen atoms in total. The van der Waals surface area contributed by atoms with Crippen molar-refractivity contribution in [2.45, 2.75) is 18.2 Å². The van der Waals surface area contributed by atoms with E-state index in [4.69, 9.17) is 4.74 Å². The highest BCUT2D eigenvalue weighted by Gasteiger charge is 2.26. The number of hydrogen-bond acceptors (Lipinski definition) is 5. The number of carbonyl (C=O) groups is 1. The van der Waals surface area contributed by atoms with Crippen LogP contribution in [0.5, 0.6) is 0 Å². The van der Waals surface area contributed by atoms with E-state index >= 15 is 0 Å². The van der Waals surface area contributed by atoms with Crippen LogP contribution in [0, 0.1) is 0 Å². The molecule has 1 fully saturated rings. The Hall–Kier alpha value is -1.97. The fourth-order valence-corrected chi connectivity index (χ4v) is 4.17. The van der Waals surface area contributed by atoms with E-state index in [1.165, 1.54) is 22.6 Å². The molecule has 2 amide bonds. The van der Waals surface area contributed by atoms with Gasteiger partial charge in [0, 0.05) is 32.4 Å². The lowest BCUT2D eigenvalue weighted by molar-refractivity contribution is 0.0730. The van der Waals surface area contributed by atoms with E-state index < -0.39 is 10.0 Å². The minimum absolute atomic E-state index is 0.115. The lowest BCUT2D eigenvalue weighted by atomic mass is 10.1. The van der Waals surface area contributed by atoms with E-state index in [-0.39, 0.29) is 10.9 Å². The van der Waals surface area contributed by atoms with Crippen molar-refractivity contribution < 1.29 is 17.9 Å². The highest BCUT2D eigenvalue weighted by molar-refractivity contribution is 7.89. The summed E-state index contributed by atoms with van der Waals surface area (Å²) in [5.74, 6) is 0.332. The number of carbonyl (C=O) groups excluding carboxylic acids is 1. The van der Waals surface area contributed by atoms with Crippen molar-refractivity contribution >= 4 is 21.9 Å². The van der Waals surface area contributed by atoms with Crippen LogP contribution < -0.4 is 5.32 Å². The number of nitrogens with zero attached hydrogens (tertiary/aromatic N) is 3. The number of morpholine rings is 1. The Kier molecular flexibility index (Phi) is 5.36. The third-order valence-electron chi connectivity index (χ3n) is 4.20. The predicted molar refractivity (Wildman–Crippen MR) is 92.8 cm³/mol. The topological polar surface area (TPSA) is 91.8 Å². The van der Waals surface area contributed by atoms with Crippen LogP contribution in [0.4, 0.5) is 10.6 Å². The normalized spacial score (nSPS) is 19.4. The van der Waals surface area contributed by atoms with Gasteiger partial charge in [-0.05, 0) is 25.5 Å². The summed E-state index contributed by atoms with van der Waals surface area (Å²) in [6.45, 7) is 4.70. The van der Waals surface area contributed by atoms with Crippen LogP contribution >= 0.6 is 0 Å². The van der Waals surface area contributed by atoms with Gasteiger partial charge in [0.25, 0.3) is 0 Å². The Bertz CT molecular complexity index is 755. The van der Waals surface area contributed by atoms with Crippen molar-refractivity contribution in [2.24, 2.45) is 0 Å². The molecule has 25 heavy (non-hydrogen) atoms. The number of nitrogens with one attached hydrogen (secondary N) is 1. The van der Waals surface area contributed by atoms with Gasteiger partial charge in [0.1, 0.15) is 10.7 Å². The highest BCUT2D eigenvalue weighted by Crippen LogP contribution is 2.18. The fourth-order valence-electron chi connectivity index (χ4n) is 2.82. The molecule has 1 aromatic heterocycles. The minimum Gasteiger partial charge on any atom is -0.379 e. The van der Waals surface area contributed by atoms with Gasteiger partial charge in [0.05, 0.1) is 13.2 Å². The molecule has 3 rings (SSSR count). The number of aromatic nitrogens is 1. The Morgan fingerprint density at radius 2 is 2.00 bits per heavy atom. The lowest BCUT2D eigenvalue weighted by Crippen LogP contribution is -2.40. The molecule has 0 atom stereocenters. The zero-order valence-electron chi connectivity index (χ0n) is 14.1. The van der Waals surface area contributed by atoms with E-state index in [0.29, 0.717) is 45.2 Å². The van der Waals surface area contributed by atoms with Gasteiger partial charge in [-0.25, -0.2) is 18.2 Å². The fraction of sp³-hybridized carbons (Fsp3) is 0.500. The maximum Gasteiger partial charge on any atom is 0.323 e. The molecule has 0 radical (unpaired) electrons. The Morgan fingerprint density at radius 1 is 1.24 bits per heavy atom. The van der Waals surface area contributed by atoms with Gasteiger partial charge in [-0.15, -0.1) is 0 Å². The number of anilines is 1. The monoisotopic (exact) mass is 366 g/mol. The summed E-state index contributed by atoms with van der Waals surface area (Å²) >= 11 is 0. The van der Waals surface area contributed by atoms with E-state index in [1.54, 1.807) is 4.90 Å². The molecule has 0 aliphatic carbocycles. The summed E-state index contributed by atoms with van der Waals surface area (Å²) in [7, 11) is -3.57. The third-order valence-corrected chi connectivity index (χ3v) is 6.08. The Balaban J connectivity index is 1.66. The molecule has 0 bridgehead atoms. The van der Waals surface area contributed by atoms with Crippen molar-refractivity contribution in [2.75, 3.05) is 44.7 Å². The second kappa shape index (κ2) is 7.51. The molecular formula is C16H22N4O4S. The summed E-state index contributed by atoms with van der Waals surface area (Å²) in [5, 5.41) is 2.71. The molecule has 9 heteroatoms. The molecule has 3 heterocycles. The zero-order valence-corrected chi connectivity index (χ0v) is 15.0. The van der Waals surface area contributed by atoms with Crippen LogP contribution in [-0.2, 0) is 14.8 Å². The second-order valence-corrected chi connectivity index (χ2v) is 8.02. The van der Waals surface area contributed by atoms with Gasteiger partial charge < -0.3 is 9.64 Å². The summed E-state index contributed by atoms with van der Waals surface area (Å²) in [6, 6.07) is 2.75. The van der Waals surface area contributed by atoms with Gasteiger partial charge in [-0.1, -0.05) is 11.6 Å². The van der Waals surface area contributed by atoms with Gasteiger partial charge in [-0.3, -0.25) is 5.32 Å². The number of urea groups is 1. The van der Waals surface area contributed by atoms with E-state index in [0.717, 1.165) is 12.0 Å². The van der Waals surface area contributed by atoms with Crippen molar-refractivity contribution in [3.05, 3.63) is 30.0 Å². The first kappa shape index (κ1) is 17.8. The van der Waals surface area contributed by atoms with Gasteiger partial charge in [0.2, 0.25) is 10.0 Å². The third kappa shape index (κ3) is 4.17. The zero-order chi connectivity index (χ0) is 17.9. The number of amides is 2. The minimum atomic E-state index is -3.57. The number of ether oxygens (including phenoxy) is 1. The summed E-state index contributed by atoms with van der Waals surface area (Å²) in [4.78, 5) is 18.2. The van der Waals surface area contributed by atoms with Crippen LogP contribution in [0.25, 0.3) is 0 Å². The SMILES string of the molecule is CC1=CCCN(C(=O)Nc2ccc(S(=O)(=O)N3CCOCC3)cn2)C1. The number of rotatable bonds is 3. The maximum absolute atomic E-state index is 12.5. The summed E-state index contributed by atoms with van der Waals surface area (Å²) in [6.07, 6.45) is 4.23. The smallest absolute Gasteiger partial charge is 0.323 e. The molecule has 1 N–H and O–H groups in total. The molecule has 0 spiro atoms. The summed E-state index contributed by atoms with van der Waals surface area (Å²) < 4.78 is 31.6. The molecule has 2 aliphatic heterocycles. The quantitative estimate of drug-likeness (QED) is 0.814. The average Bonchev–Trinajstić information content (AvgIpc) is 2.63. The van der Waals surface area contributed by atoms with Crippen LogP contribution in [0.3, 0.4) is 0 Å². The molecule has 1 aromatic rings. The van der Waals surface area contributed by atoms with E-state index in [1.807, 2.05) is 6.92 Å². The molecule has 1 saturated heterocycles. The van der Waals surface area contributed by atoms with Gasteiger partial charge >= 0.3 is 6.03 Å². The molecular weight excluding hydrogens is 344 g/mol. The summed E-state index contributed by atoms with van der Waals surface area (Å²) in [5.41, 5.74) is 1.15. The predicted octanol–water partition coefficient (Wildman–Crippen LogP) is 1.29. The van der Waals surface area contributed by atoms with Gasteiger partial charge in [-0.2, -0.15) is 4.31 Å². The van der Waals surface area contributed by atoms with Crippen molar-refractivity contribution in [3.63, 3.8) is 0 Å². The Labute approximate surface area is 147 Å². The average molecular weight is 366 g/mol. The van der Waals surface area contributed by atoms with Gasteiger partial charge in [0.15, 0.2) is 0 Å². The van der Waals surface area contributed by atoms with Crippen LogP contribution in [0.15, 0.2) is 34.9 Å². The standard InChI is InChI=1S/C16H22N4O4S/c1-13-3-2-6-19(12-13)16(21)18-15-5-4-14(11-17-15)25(22,23)20-7-9-24-10-8-20/h3-5,11H,2,6-10,12H2,1H3,(H,17,18,21). The van der Waals surface area contributed by atoms with Crippen molar-refractivity contribution in [1.82, 2.24) is 14.2 Å². The van der Waals surface area contributed by atoms with Crippen molar-refractivity contribution in [3.8, 4) is 0 Å². The van der Waals surface area contributed by atoms with E-state index in [9.17, 15) is 13.2 Å². The second-order valence-electron chi connectivity index (χ2n) is 6.09. The molecule has 0 aromatic carbocycles. The Morgan fingerprint density at radius 3 is 2.64 bits per heavy atom. The van der Waals surface area contributed by atoms with Crippen LogP contribution in [0.2, 0.25) is 0 Å². The molecule has 136 valence electrons. The van der Waals surface area contributed by atoms with Crippen LogP contribution in [0.1, 0.15) is 13.3 Å². The van der Waals surface area contributed by atoms with Crippen molar-refractivity contribution in [1.29, 1.82) is 0 Å². The molecule has 2 aliphatic rings. The largest absolute Gasteiger partial charge is 0.379 e. The van der Waals surface area contributed by atoms with E-state index in [2.05, 4.69) is 16.4 Å². The lowest BCUT2D eigenvalue weighted by Gasteiger charge is -2.26. The molecule has 0 unspecified atom stereocenters. The molecule has 0 saturated carbocycles. The first-order chi connectivity index (χ1) is 12.0. The first-order valence-electron chi connectivity index (χ1n) is 8.22. The number of sulfonamides is 1. The number of pyridine rings is 1. The first-order valence-corrected chi connectivity index (χ1v) is 9.66. The number of hydrogen-bond donors (Lipinski definition) is 1. The highest BCUT2D eigenvalue weighted by atomic mass is 32.2. The maximum atomic E-state index is 12.5. The van der Waals surface area contributed by atoms with Crippen LogP contribution in [-0.4, -0.2) is 68.0 Å².